The molecular formula is C16H17NO4. The third-order valence-corrected chi connectivity index (χ3v) is 2.97. The van der Waals surface area contributed by atoms with E-state index in [4.69, 9.17) is 19.9 Å². The molecule has 5 heteroatoms. The largest absolute Gasteiger partial charge is 0.497 e. The maximum atomic E-state index is 12.1. The highest BCUT2D eigenvalue weighted by molar-refractivity contribution is 5.94. The second-order valence-electron chi connectivity index (χ2n) is 4.36. The Labute approximate surface area is 123 Å². The molecule has 0 aliphatic heterocycles. The molecule has 0 saturated heterocycles. The molecule has 0 aromatic heterocycles. The van der Waals surface area contributed by atoms with Crippen molar-refractivity contribution in [3.8, 4) is 11.5 Å². The molecule has 2 aromatic carbocycles. The standard InChI is InChI=1S/C16H17NO4/c1-19-12-6-3-5-11(9-12)10-21-16(18)13-7-4-8-14(17)15(13)20-2/h3-9H,10,17H2,1-2H3. The quantitative estimate of drug-likeness (QED) is 0.676. The summed E-state index contributed by atoms with van der Waals surface area (Å²) in [5, 5.41) is 0. The zero-order valence-corrected chi connectivity index (χ0v) is 12.0. The van der Waals surface area contributed by atoms with Crippen LogP contribution in [0.2, 0.25) is 0 Å². The van der Waals surface area contributed by atoms with Crippen molar-refractivity contribution < 1.29 is 19.0 Å². The number of rotatable bonds is 5. The fourth-order valence-electron chi connectivity index (χ4n) is 1.93. The Morgan fingerprint density at radius 3 is 2.57 bits per heavy atom. The van der Waals surface area contributed by atoms with E-state index in [9.17, 15) is 4.79 Å². The van der Waals surface area contributed by atoms with E-state index in [1.807, 2.05) is 24.3 Å². The molecule has 2 aromatic rings. The number of carbonyl (C=O) groups is 1. The lowest BCUT2D eigenvalue weighted by Gasteiger charge is -2.11. The minimum Gasteiger partial charge on any atom is -0.497 e. The van der Waals surface area contributed by atoms with Crippen molar-refractivity contribution in [2.24, 2.45) is 0 Å². The Hall–Kier alpha value is -2.69. The van der Waals surface area contributed by atoms with Crippen molar-refractivity contribution in [1.29, 1.82) is 0 Å². The fraction of sp³-hybridized carbons (Fsp3) is 0.188. The average Bonchev–Trinajstić information content (AvgIpc) is 2.52. The van der Waals surface area contributed by atoms with E-state index in [1.165, 1.54) is 7.11 Å². The normalized spacial score (nSPS) is 10.0. The Morgan fingerprint density at radius 1 is 1.10 bits per heavy atom. The Kier molecular flexibility index (Phi) is 4.66. The second-order valence-corrected chi connectivity index (χ2v) is 4.36. The first-order chi connectivity index (χ1) is 10.2. The number of nitrogen functional groups attached to an aromatic ring is 1. The molecular weight excluding hydrogens is 270 g/mol. The van der Waals surface area contributed by atoms with Crippen LogP contribution in [0.4, 0.5) is 5.69 Å². The van der Waals surface area contributed by atoms with E-state index in [0.717, 1.165) is 5.56 Å². The minimum atomic E-state index is -0.484. The van der Waals surface area contributed by atoms with E-state index in [0.29, 0.717) is 22.7 Å². The maximum Gasteiger partial charge on any atom is 0.342 e. The van der Waals surface area contributed by atoms with Crippen molar-refractivity contribution in [3.63, 3.8) is 0 Å². The molecule has 110 valence electrons. The lowest BCUT2D eigenvalue weighted by molar-refractivity contribution is 0.0469. The third kappa shape index (κ3) is 3.45. The van der Waals surface area contributed by atoms with Crippen molar-refractivity contribution >= 4 is 11.7 Å². The number of carbonyl (C=O) groups excluding carboxylic acids is 1. The van der Waals surface area contributed by atoms with Crippen molar-refractivity contribution in [3.05, 3.63) is 53.6 Å². The molecule has 0 bridgehead atoms. The van der Waals surface area contributed by atoms with Gasteiger partial charge in [0.1, 0.15) is 17.9 Å². The van der Waals surface area contributed by atoms with Gasteiger partial charge in [-0.05, 0) is 29.8 Å². The SMILES string of the molecule is COc1cccc(COC(=O)c2cccc(N)c2OC)c1. The smallest absolute Gasteiger partial charge is 0.342 e. The molecule has 2 rings (SSSR count). The molecule has 5 nitrogen and oxygen atoms in total. The number of nitrogens with two attached hydrogens (primary N) is 1. The summed E-state index contributed by atoms with van der Waals surface area (Å²) in [6.07, 6.45) is 0. The summed E-state index contributed by atoms with van der Waals surface area (Å²) in [4.78, 5) is 12.1. The van der Waals surface area contributed by atoms with Gasteiger partial charge < -0.3 is 19.9 Å². The summed E-state index contributed by atoms with van der Waals surface area (Å²) in [7, 11) is 3.05. The summed E-state index contributed by atoms with van der Waals surface area (Å²) < 4.78 is 15.5. The van der Waals surface area contributed by atoms with Gasteiger partial charge in [0.25, 0.3) is 0 Å². The minimum absolute atomic E-state index is 0.147. The number of esters is 1. The highest BCUT2D eigenvalue weighted by Gasteiger charge is 2.15. The van der Waals surface area contributed by atoms with Crippen LogP contribution in [0.1, 0.15) is 15.9 Å². The molecule has 0 fully saturated rings. The van der Waals surface area contributed by atoms with E-state index in [1.54, 1.807) is 25.3 Å². The van der Waals surface area contributed by atoms with Crippen LogP contribution in [0.15, 0.2) is 42.5 Å². The third-order valence-electron chi connectivity index (χ3n) is 2.97. The molecule has 0 radical (unpaired) electrons. The van der Waals surface area contributed by atoms with Gasteiger partial charge in [-0.15, -0.1) is 0 Å². The van der Waals surface area contributed by atoms with Crippen LogP contribution in [-0.2, 0) is 11.3 Å². The zero-order valence-electron chi connectivity index (χ0n) is 12.0. The predicted molar refractivity (Wildman–Crippen MR) is 79.5 cm³/mol. The van der Waals surface area contributed by atoms with Gasteiger partial charge in [0.05, 0.1) is 19.9 Å². The summed E-state index contributed by atoms with van der Waals surface area (Å²) in [6, 6.07) is 12.3. The number of para-hydroxylation sites is 1. The summed E-state index contributed by atoms with van der Waals surface area (Å²) in [5.41, 5.74) is 7.31. The predicted octanol–water partition coefficient (Wildman–Crippen LogP) is 2.64. The van der Waals surface area contributed by atoms with Crippen LogP contribution in [0.5, 0.6) is 11.5 Å². The molecule has 2 N–H and O–H groups in total. The van der Waals surface area contributed by atoms with Crippen molar-refractivity contribution in [2.45, 2.75) is 6.61 Å². The van der Waals surface area contributed by atoms with Gasteiger partial charge in [-0.25, -0.2) is 4.79 Å². The number of anilines is 1. The molecule has 0 aliphatic rings. The number of methoxy groups -OCH3 is 2. The number of hydrogen-bond donors (Lipinski definition) is 1. The molecule has 21 heavy (non-hydrogen) atoms. The summed E-state index contributed by atoms with van der Waals surface area (Å²) >= 11 is 0. The molecule has 0 amide bonds. The van der Waals surface area contributed by atoms with E-state index in [2.05, 4.69) is 0 Å². The van der Waals surface area contributed by atoms with Gasteiger partial charge in [-0.2, -0.15) is 0 Å². The maximum absolute atomic E-state index is 12.1. The molecule has 0 heterocycles. The van der Waals surface area contributed by atoms with Gasteiger partial charge in [0, 0.05) is 0 Å². The second kappa shape index (κ2) is 6.65. The highest BCUT2D eigenvalue weighted by Crippen LogP contribution is 2.26. The van der Waals surface area contributed by atoms with Gasteiger partial charge >= 0.3 is 5.97 Å². The van der Waals surface area contributed by atoms with Crippen molar-refractivity contribution in [2.75, 3.05) is 20.0 Å². The van der Waals surface area contributed by atoms with Crippen LogP contribution in [0.3, 0.4) is 0 Å². The Balaban J connectivity index is 2.10. The zero-order chi connectivity index (χ0) is 15.2. The molecule has 0 atom stereocenters. The van der Waals surface area contributed by atoms with E-state index < -0.39 is 5.97 Å². The lowest BCUT2D eigenvalue weighted by Crippen LogP contribution is -2.08. The van der Waals surface area contributed by atoms with E-state index in [-0.39, 0.29) is 6.61 Å². The van der Waals surface area contributed by atoms with Gasteiger partial charge in [0.15, 0.2) is 5.75 Å². The first kappa shape index (κ1) is 14.7. The van der Waals surface area contributed by atoms with Crippen LogP contribution in [0, 0.1) is 0 Å². The molecule has 0 spiro atoms. The van der Waals surface area contributed by atoms with Crippen LogP contribution < -0.4 is 15.2 Å². The van der Waals surface area contributed by atoms with Crippen LogP contribution in [0.25, 0.3) is 0 Å². The van der Waals surface area contributed by atoms with Gasteiger partial charge in [-0.3, -0.25) is 0 Å². The Bertz CT molecular complexity index is 640. The molecule has 0 unspecified atom stereocenters. The summed E-state index contributed by atoms with van der Waals surface area (Å²) in [5.74, 6) is 0.556. The first-order valence-corrected chi connectivity index (χ1v) is 6.38. The van der Waals surface area contributed by atoms with E-state index >= 15 is 0 Å². The van der Waals surface area contributed by atoms with Crippen LogP contribution >= 0.6 is 0 Å². The lowest BCUT2D eigenvalue weighted by atomic mass is 10.1. The van der Waals surface area contributed by atoms with Crippen molar-refractivity contribution in [1.82, 2.24) is 0 Å². The topological polar surface area (TPSA) is 70.8 Å². The number of benzene rings is 2. The Morgan fingerprint density at radius 2 is 1.86 bits per heavy atom. The molecule has 0 aliphatic carbocycles. The average molecular weight is 287 g/mol. The number of ether oxygens (including phenoxy) is 3. The van der Waals surface area contributed by atoms with Crippen LogP contribution in [-0.4, -0.2) is 20.2 Å². The monoisotopic (exact) mass is 287 g/mol. The van der Waals surface area contributed by atoms with Gasteiger partial charge in [-0.1, -0.05) is 18.2 Å². The fourth-order valence-corrected chi connectivity index (χ4v) is 1.93. The molecule has 0 saturated carbocycles. The number of hydrogen-bond acceptors (Lipinski definition) is 5. The highest BCUT2D eigenvalue weighted by atomic mass is 16.5. The first-order valence-electron chi connectivity index (χ1n) is 6.38. The van der Waals surface area contributed by atoms with Gasteiger partial charge in [0.2, 0.25) is 0 Å². The summed E-state index contributed by atoms with van der Waals surface area (Å²) in [6.45, 7) is 0.147.